The van der Waals surface area contributed by atoms with E-state index in [-0.39, 0.29) is 24.1 Å². The van der Waals surface area contributed by atoms with Crippen LogP contribution in [0.1, 0.15) is 50.4 Å². The van der Waals surface area contributed by atoms with Gasteiger partial charge in [-0.2, -0.15) is 0 Å². The molecule has 6 nitrogen and oxygen atoms in total. The van der Waals surface area contributed by atoms with E-state index in [1.54, 1.807) is 12.1 Å². The van der Waals surface area contributed by atoms with Crippen molar-refractivity contribution in [2.24, 2.45) is 0 Å². The zero-order valence-corrected chi connectivity index (χ0v) is 20.5. The fourth-order valence-electron chi connectivity index (χ4n) is 4.30. The second kappa shape index (κ2) is 9.05. The maximum atomic E-state index is 14.3. The monoisotopic (exact) mass is 463 g/mol. The smallest absolute Gasteiger partial charge is 0.310 e. The molecule has 7 heteroatoms. The Balaban J connectivity index is 1.63. The number of benzene rings is 2. The van der Waals surface area contributed by atoms with Gasteiger partial charge in [0.1, 0.15) is 11.4 Å². The summed E-state index contributed by atoms with van der Waals surface area (Å²) in [6.07, 6.45) is 0.221. The van der Waals surface area contributed by atoms with E-state index in [1.165, 1.54) is 13.2 Å². The van der Waals surface area contributed by atoms with Crippen molar-refractivity contribution in [3.05, 3.63) is 65.1 Å². The SMILES string of the molecule is COc1ccc(-c2nc(C)c3c(n2)N(c2ccc(CC(=O)OC(C)(C)C)cc2)CC3C)cc1F. The number of rotatable bonds is 5. The number of carbonyl (C=O) groups is 1. The molecule has 1 aliphatic heterocycles. The molecule has 0 fully saturated rings. The van der Waals surface area contributed by atoms with E-state index in [0.717, 1.165) is 34.9 Å². The maximum Gasteiger partial charge on any atom is 0.310 e. The molecule has 0 amide bonds. The van der Waals surface area contributed by atoms with E-state index < -0.39 is 11.4 Å². The summed E-state index contributed by atoms with van der Waals surface area (Å²) in [7, 11) is 1.44. The third-order valence-corrected chi connectivity index (χ3v) is 5.75. The third kappa shape index (κ3) is 4.88. The van der Waals surface area contributed by atoms with Gasteiger partial charge in [-0.15, -0.1) is 0 Å². The molecule has 0 spiro atoms. The Hall–Kier alpha value is -3.48. The fourth-order valence-corrected chi connectivity index (χ4v) is 4.30. The van der Waals surface area contributed by atoms with Crippen LogP contribution in [-0.4, -0.2) is 35.2 Å². The van der Waals surface area contributed by atoms with Crippen LogP contribution in [0.5, 0.6) is 5.75 Å². The van der Waals surface area contributed by atoms with Crippen LogP contribution in [0.2, 0.25) is 0 Å². The number of ether oxygens (including phenoxy) is 2. The molecule has 34 heavy (non-hydrogen) atoms. The van der Waals surface area contributed by atoms with Crippen molar-refractivity contribution in [2.75, 3.05) is 18.6 Å². The van der Waals surface area contributed by atoms with Gasteiger partial charge in [0.2, 0.25) is 0 Å². The van der Waals surface area contributed by atoms with E-state index in [2.05, 4.69) is 16.8 Å². The van der Waals surface area contributed by atoms with Gasteiger partial charge in [0.25, 0.3) is 0 Å². The molecule has 0 saturated heterocycles. The largest absolute Gasteiger partial charge is 0.494 e. The van der Waals surface area contributed by atoms with Crippen LogP contribution in [0.3, 0.4) is 0 Å². The topological polar surface area (TPSA) is 64.6 Å². The average Bonchev–Trinajstić information content (AvgIpc) is 3.09. The summed E-state index contributed by atoms with van der Waals surface area (Å²) < 4.78 is 24.8. The number of nitrogens with zero attached hydrogens (tertiary/aromatic N) is 3. The minimum absolute atomic E-state index is 0.184. The van der Waals surface area contributed by atoms with Crippen LogP contribution in [0.4, 0.5) is 15.9 Å². The highest BCUT2D eigenvalue weighted by atomic mass is 19.1. The van der Waals surface area contributed by atoms with Crippen molar-refractivity contribution in [1.82, 2.24) is 9.97 Å². The summed E-state index contributed by atoms with van der Waals surface area (Å²) in [6, 6.07) is 12.6. The van der Waals surface area contributed by atoms with Gasteiger partial charge < -0.3 is 14.4 Å². The average molecular weight is 464 g/mol. The number of aromatic nitrogens is 2. The lowest BCUT2D eigenvalue weighted by molar-refractivity contribution is -0.153. The van der Waals surface area contributed by atoms with E-state index in [4.69, 9.17) is 14.5 Å². The first-order valence-electron chi connectivity index (χ1n) is 11.4. The van der Waals surface area contributed by atoms with E-state index in [0.29, 0.717) is 11.4 Å². The highest BCUT2D eigenvalue weighted by molar-refractivity contribution is 5.74. The molecule has 0 radical (unpaired) electrons. The van der Waals surface area contributed by atoms with Crippen molar-refractivity contribution in [1.29, 1.82) is 0 Å². The van der Waals surface area contributed by atoms with Crippen molar-refractivity contribution >= 4 is 17.5 Å². The third-order valence-electron chi connectivity index (χ3n) is 5.75. The lowest BCUT2D eigenvalue weighted by atomic mass is 10.0. The Kier molecular flexibility index (Phi) is 6.30. The van der Waals surface area contributed by atoms with Crippen LogP contribution in [0.25, 0.3) is 11.4 Å². The quantitative estimate of drug-likeness (QED) is 0.450. The Morgan fingerprint density at radius 2 is 1.85 bits per heavy atom. The molecule has 1 atom stereocenters. The Labute approximate surface area is 199 Å². The van der Waals surface area contributed by atoms with E-state index in [9.17, 15) is 9.18 Å². The summed E-state index contributed by atoms with van der Waals surface area (Å²) >= 11 is 0. The van der Waals surface area contributed by atoms with Gasteiger partial charge in [0, 0.05) is 35.0 Å². The molecule has 1 unspecified atom stereocenters. The number of anilines is 2. The van der Waals surface area contributed by atoms with Crippen LogP contribution >= 0.6 is 0 Å². The minimum Gasteiger partial charge on any atom is -0.494 e. The molecule has 2 heterocycles. The van der Waals surface area contributed by atoms with Crippen LogP contribution in [0.15, 0.2) is 42.5 Å². The van der Waals surface area contributed by atoms with Crippen molar-refractivity contribution in [2.45, 2.75) is 52.6 Å². The fraction of sp³-hybridized carbons (Fsp3) is 0.370. The number of halogens is 1. The van der Waals surface area contributed by atoms with Gasteiger partial charge in [-0.05, 0) is 63.6 Å². The second-order valence-corrected chi connectivity index (χ2v) is 9.66. The normalized spacial score (nSPS) is 15.3. The minimum atomic E-state index is -0.505. The van der Waals surface area contributed by atoms with Crippen LogP contribution in [0, 0.1) is 12.7 Å². The zero-order valence-electron chi connectivity index (χ0n) is 20.5. The van der Waals surface area contributed by atoms with Gasteiger partial charge in [0.05, 0.1) is 13.5 Å². The molecular weight excluding hydrogens is 433 g/mol. The number of hydrogen-bond acceptors (Lipinski definition) is 6. The Morgan fingerprint density at radius 3 is 2.47 bits per heavy atom. The summed E-state index contributed by atoms with van der Waals surface area (Å²) in [5.74, 6) is 1.03. The van der Waals surface area contributed by atoms with Crippen molar-refractivity contribution < 1.29 is 18.7 Å². The lowest BCUT2D eigenvalue weighted by Gasteiger charge is -2.21. The summed E-state index contributed by atoms with van der Waals surface area (Å²) in [5.41, 5.74) is 3.93. The number of fused-ring (bicyclic) bond motifs is 1. The van der Waals surface area contributed by atoms with Gasteiger partial charge >= 0.3 is 5.97 Å². The zero-order chi connectivity index (χ0) is 24.6. The first kappa shape index (κ1) is 23.7. The maximum absolute atomic E-state index is 14.3. The molecule has 1 aromatic heterocycles. The molecule has 0 aliphatic carbocycles. The lowest BCUT2D eigenvalue weighted by Crippen LogP contribution is -2.24. The Bertz CT molecular complexity index is 1220. The molecule has 2 aromatic carbocycles. The number of aryl methyl sites for hydroxylation is 1. The Morgan fingerprint density at radius 1 is 1.15 bits per heavy atom. The second-order valence-electron chi connectivity index (χ2n) is 9.66. The molecule has 0 bridgehead atoms. The van der Waals surface area contributed by atoms with Gasteiger partial charge in [0.15, 0.2) is 17.4 Å². The highest BCUT2D eigenvalue weighted by Gasteiger charge is 2.31. The molecule has 0 N–H and O–H groups in total. The predicted molar refractivity (Wildman–Crippen MR) is 130 cm³/mol. The summed E-state index contributed by atoms with van der Waals surface area (Å²) in [6.45, 7) is 10.5. The van der Waals surface area contributed by atoms with Crippen LogP contribution < -0.4 is 9.64 Å². The standard InChI is InChI=1S/C27H30FN3O3/c1-16-15-31(20-10-7-18(8-11-20)13-23(32)34-27(3,4)5)26-24(16)17(2)29-25(30-26)19-9-12-22(33-6)21(28)14-19/h7-12,14,16H,13,15H2,1-6H3. The first-order chi connectivity index (χ1) is 16.1. The number of methoxy groups -OCH3 is 1. The number of carbonyl (C=O) groups excluding carboxylic acids is 1. The predicted octanol–water partition coefficient (Wildman–Crippen LogP) is 5.74. The molecule has 3 aromatic rings. The summed E-state index contributed by atoms with van der Waals surface area (Å²) in [4.78, 5) is 23.8. The number of hydrogen-bond donors (Lipinski definition) is 0. The molecule has 178 valence electrons. The van der Waals surface area contributed by atoms with Crippen molar-refractivity contribution in [3.8, 4) is 17.1 Å². The molecule has 1 aliphatic rings. The van der Waals surface area contributed by atoms with Crippen molar-refractivity contribution in [3.63, 3.8) is 0 Å². The van der Waals surface area contributed by atoms with Crippen LogP contribution in [-0.2, 0) is 16.0 Å². The van der Waals surface area contributed by atoms with Gasteiger partial charge in [-0.1, -0.05) is 19.1 Å². The van der Waals surface area contributed by atoms with Gasteiger partial charge in [-0.3, -0.25) is 4.79 Å². The van der Waals surface area contributed by atoms with E-state index in [1.807, 2.05) is 52.0 Å². The number of esters is 1. The molecule has 4 rings (SSSR count). The molecule has 0 saturated carbocycles. The highest BCUT2D eigenvalue weighted by Crippen LogP contribution is 2.41. The molecular formula is C27H30FN3O3. The first-order valence-corrected chi connectivity index (χ1v) is 11.4. The summed E-state index contributed by atoms with van der Waals surface area (Å²) in [5, 5.41) is 0. The van der Waals surface area contributed by atoms with E-state index >= 15 is 0 Å². The van der Waals surface area contributed by atoms with Gasteiger partial charge in [-0.25, -0.2) is 14.4 Å².